The van der Waals surface area contributed by atoms with E-state index in [2.05, 4.69) is 0 Å². The Labute approximate surface area is 289 Å². The SMILES string of the molecule is CCCCCc1ccc(-c2cc3ccc(OCC(C)(COC(=O)C(C)(CC(C)(C)C)C(C)(C)N)CC(F)(F)F)cc3oc2=O)c(C(F)(F)F)c1. The van der Waals surface area contributed by atoms with Crippen molar-refractivity contribution >= 4 is 16.9 Å². The molecule has 0 fully saturated rings. The van der Waals surface area contributed by atoms with Gasteiger partial charge in [-0.05, 0) is 75.3 Å². The summed E-state index contributed by atoms with van der Waals surface area (Å²) in [4.78, 5) is 26.4. The number of fused-ring (bicyclic) bond motifs is 1. The van der Waals surface area contributed by atoms with Gasteiger partial charge in [0, 0.05) is 28.0 Å². The minimum atomic E-state index is -4.72. The molecule has 12 heteroatoms. The van der Waals surface area contributed by atoms with Crippen LogP contribution in [0, 0.1) is 16.2 Å². The molecular formula is C38H49F6NO5. The monoisotopic (exact) mass is 713 g/mol. The summed E-state index contributed by atoms with van der Waals surface area (Å²) in [5, 5.41) is 0.279. The van der Waals surface area contributed by atoms with Gasteiger partial charge in [0.25, 0.3) is 0 Å². The molecule has 0 saturated carbocycles. The Balaban J connectivity index is 1.89. The summed E-state index contributed by atoms with van der Waals surface area (Å²) in [5.41, 5.74) is -0.0406. The van der Waals surface area contributed by atoms with Gasteiger partial charge in [-0.15, -0.1) is 0 Å². The highest BCUT2D eigenvalue weighted by molar-refractivity contribution is 5.83. The van der Waals surface area contributed by atoms with Gasteiger partial charge in [0.1, 0.15) is 17.9 Å². The Morgan fingerprint density at radius 1 is 0.820 bits per heavy atom. The molecule has 2 N–H and O–H groups in total. The summed E-state index contributed by atoms with van der Waals surface area (Å²) in [5.74, 6) is -0.683. The van der Waals surface area contributed by atoms with Crippen LogP contribution in [0.15, 0.2) is 51.7 Å². The molecule has 0 aliphatic carbocycles. The van der Waals surface area contributed by atoms with Gasteiger partial charge in [0.15, 0.2) is 0 Å². The van der Waals surface area contributed by atoms with Crippen LogP contribution in [0.5, 0.6) is 5.75 Å². The highest BCUT2D eigenvalue weighted by Crippen LogP contribution is 2.43. The maximum absolute atomic E-state index is 14.1. The van der Waals surface area contributed by atoms with Gasteiger partial charge < -0.3 is 19.6 Å². The fourth-order valence-corrected chi connectivity index (χ4v) is 6.07. The molecule has 2 unspecified atom stereocenters. The van der Waals surface area contributed by atoms with Gasteiger partial charge >= 0.3 is 23.9 Å². The molecule has 6 nitrogen and oxygen atoms in total. The lowest BCUT2D eigenvalue weighted by atomic mass is 9.65. The van der Waals surface area contributed by atoms with E-state index in [1.54, 1.807) is 26.8 Å². The summed E-state index contributed by atoms with van der Waals surface area (Å²) in [6, 6.07) is 9.30. The van der Waals surface area contributed by atoms with E-state index < -0.39 is 65.5 Å². The molecule has 0 amide bonds. The second-order valence-electron chi connectivity index (χ2n) is 15.7. The molecular weight excluding hydrogens is 664 g/mol. The Kier molecular flexibility index (Phi) is 12.2. The molecule has 278 valence electrons. The standard InChI is InChI=1S/C38H49F6NO5/c1-9-10-11-12-24-13-16-27(29(17-24)38(42,43)44)28-18-25-14-15-26(19-30(25)50-31(28)46)48-22-35(7,21-37(39,40)41)23-49-32(47)36(8,34(5,6)45)20-33(2,3)4/h13-19H,9-12,20-23,45H2,1-8H3. The summed E-state index contributed by atoms with van der Waals surface area (Å²) in [6.07, 6.45) is -7.36. The first-order valence-electron chi connectivity index (χ1n) is 16.7. The van der Waals surface area contributed by atoms with Gasteiger partial charge in [-0.2, -0.15) is 26.3 Å². The maximum Gasteiger partial charge on any atom is 0.417 e. The van der Waals surface area contributed by atoms with Crippen LogP contribution in [0.4, 0.5) is 26.3 Å². The zero-order valence-corrected chi connectivity index (χ0v) is 30.1. The second kappa shape index (κ2) is 15.0. The number of alkyl halides is 6. The van der Waals surface area contributed by atoms with Crippen LogP contribution in [0.2, 0.25) is 0 Å². The Morgan fingerprint density at radius 2 is 1.48 bits per heavy atom. The molecule has 0 aliphatic rings. The molecule has 0 bridgehead atoms. The van der Waals surface area contributed by atoms with Gasteiger partial charge in [-0.3, -0.25) is 4.79 Å². The van der Waals surface area contributed by atoms with E-state index in [-0.39, 0.29) is 33.3 Å². The van der Waals surface area contributed by atoms with Crippen LogP contribution < -0.4 is 16.1 Å². The molecule has 2 atom stereocenters. The number of carbonyl (C=O) groups is 1. The number of unbranched alkanes of at least 4 members (excludes halogenated alkanes) is 2. The Morgan fingerprint density at radius 3 is 2.04 bits per heavy atom. The van der Waals surface area contributed by atoms with E-state index >= 15 is 0 Å². The fraction of sp³-hybridized carbons (Fsp3) is 0.579. The number of nitrogens with two attached hydrogens (primary N) is 1. The third-order valence-corrected chi connectivity index (χ3v) is 8.98. The number of aryl methyl sites for hydroxylation is 1. The van der Waals surface area contributed by atoms with Gasteiger partial charge in [0.2, 0.25) is 0 Å². The average molecular weight is 714 g/mol. The molecule has 3 aromatic rings. The first-order chi connectivity index (χ1) is 22.8. The van der Waals surface area contributed by atoms with Crippen molar-refractivity contribution in [1.82, 2.24) is 0 Å². The molecule has 0 aliphatic heterocycles. The first kappa shape index (κ1) is 40.9. The normalized spacial score (nSPS) is 15.4. The molecule has 1 aromatic heterocycles. The van der Waals surface area contributed by atoms with E-state index in [0.29, 0.717) is 18.4 Å². The lowest BCUT2D eigenvalue weighted by Gasteiger charge is -2.43. The molecule has 0 spiro atoms. The molecule has 0 radical (unpaired) electrons. The molecule has 1 heterocycles. The smallest absolute Gasteiger partial charge is 0.417 e. The van der Waals surface area contributed by atoms with Crippen LogP contribution in [-0.4, -0.2) is 30.9 Å². The lowest BCUT2D eigenvalue weighted by molar-refractivity contribution is -0.182. The van der Waals surface area contributed by atoms with E-state index in [0.717, 1.165) is 25.3 Å². The van der Waals surface area contributed by atoms with E-state index in [1.807, 2.05) is 27.7 Å². The van der Waals surface area contributed by atoms with E-state index in [4.69, 9.17) is 19.6 Å². The molecule has 0 saturated heterocycles. The van der Waals surface area contributed by atoms with Gasteiger partial charge in [0.05, 0.1) is 29.6 Å². The number of rotatable bonds is 14. The third-order valence-electron chi connectivity index (χ3n) is 8.98. The predicted octanol–water partition coefficient (Wildman–Crippen LogP) is 10.3. The average Bonchev–Trinajstić information content (AvgIpc) is 2.96. The van der Waals surface area contributed by atoms with E-state index in [9.17, 15) is 35.9 Å². The Bertz CT molecular complexity index is 1700. The second-order valence-corrected chi connectivity index (χ2v) is 15.7. The number of hydrogen-bond donors (Lipinski definition) is 1. The highest BCUT2D eigenvalue weighted by atomic mass is 19.4. The fourth-order valence-electron chi connectivity index (χ4n) is 6.07. The van der Waals surface area contributed by atoms with Crippen LogP contribution in [-0.2, 0) is 22.1 Å². The quantitative estimate of drug-likeness (QED) is 0.0774. The topological polar surface area (TPSA) is 91.8 Å². The van der Waals surface area contributed by atoms with Crippen molar-refractivity contribution < 1.29 is 45.0 Å². The largest absolute Gasteiger partial charge is 0.493 e. The lowest BCUT2D eigenvalue weighted by Crippen LogP contribution is -2.56. The van der Waals surface area contributed by atoms with E-state index in [1.165, 1.54) is 37.3 Å². The van der Waals surface area contributed by atoms with Gasteiger partial charge in [-0.1, -0.05) is 59.6 Å². The van der Waals surface area contributed by atoms with Crippen molar-refractivity contribution in [2.24, 2.45) is 22.0 Å². The molecule has 3 rings (SSSR count). The number of hydrogen-bond acceptors (Lipinski definition) is 6. The Hall–Kier alpha value is -3.54. The molecule has 50 heavy (non-hydrogen) atoms. The molecule has 2 aromatic carbocycles. The van der Waals surface area contributed by atoms with Gasteiger partial charge in [-0.25, -0.2) is 4.79 Å². The summed E-state index contributed by atoms with van der Waals surface area (Å²) < 4.78 is 100. The zero-order valence-electron chi connectivity index (χ0n) is 30.1. The predicted molar refractivity (Wildman–Crippen MR) is 182 cm³/mol. The maximum atomic E-state index is 14.1. The van der Waals surface area contributed by atoms with Crippen molar-refractivity contribution in [2.45, 2.75) is 112 Å². The van der Waals surface area contributed by atoms with Crippen molar-refractivity contribution in [1.29, 1.82) is 0 Å². The number of ether oxygens (including phenoxy) is 2. The number of carbonyl (C=O) groups excluding carboxylic acids is 1. The number of halogens is 6. The van der Waals surface area contributed by atoms with Crippen LogP contribution in [0.3, 0.4) is 0 Å². The first-order valence-corrected chi connectivity index (χ1v) is 16.7. The minimum Gasteiger partial charge on any atom is -0.493 e. The summed E-state index contributed by atoms with van der Waals surface area (Å²) >= 11 is 0. The van der Waals surface area contributed by atoms with Crippen molar-refractivity contribution in [3.05, 3.63) is 64.0 Å². The summed E-state index contributed by atoms with van der Waals surface area (Å²) in [6.45, 7) is 12.9. The van der Waals surface area contributed by atoms with Crippen LogP contribution in [0.25, 0.3) is 22.1 Å². The van der Waals surface area contributed by atoms with Crippen molar-refractivity contribution in [3.8, 4) is 16.9 Å². The van der Waals surface area contributed by atoms with Crippen molar-refractivity contribution in [3.63, 3.8) is 0 Å². The zero-order chi connectivity index (χ0) is 37.9. The number of benzene rings is 2. The third kappa shape index (κ3) is 10.7. The minimum absolute atomic E-state index is 0.0342. The summed E-state index contributed by atoms with van der Waals surface area (Å²) in [7, 11) is 0. The van der Waals surface area contributed by atoms with Crippen LogP contribution >= 0.6 is 0 Å². The highest BCUT2D eigenvalue weighted by Gasteiger charge is 2.49. The van der Waals surface area contributed by atoms with Crippen molar-refractivity contribution in [2.75, 3.05) is 13.2 Å². The number of esters is 1. The van der Waals surface area contributed by atoms with Crippen LogP contribution in [0.1, 0.15) is 98.6 Å².